The van der Waals surface area contributed by atoms with Crippen LogP contribution in [0.4, 0.5) is 5.69 Å². The van der Waals surface area contributed by atoms with Gasteiger partial charge in [0.1, 0.15) is 0 Å². The van der Waals surface area contributed by atoms with Crippen LogP contribution in [0.15, 0.2) is 48.5 Å². The monoisotopic (exact) mass is 255 g/mol. The third kappa shape index (κ3) is 3.56. The molecule has 0 atom stereocenters. The summed E-state index contributed by atoms with van der Waals surface area (Å²) in [4.78, 5) is 11.9. The molecule has 4 nitrogen and oxygen atoms in total. The second-order valence-corrected chi connectivity index (χ2v) is 4.39. The fraction of sp³-hybridized carbons (Fsp3) is 0.133. The minimum absolute atomic E-state index is 0.0934. The van der Waals surface area contributed by atoms with Crippen molar-refractivity contribution >= 4 is 11.6 Å². The Morgan fingerprint density at radius 1 is 1.05 bits per heavy atom. The molecule has 19 heavy (non-hydrogen) atoms. The van der Waals surface area contributed by atoms with Gasteiger partial charge in [-0.25, -0.2) is 0 Å². The van der Waals surface area contributed by atoms with Crippen LogP contribution >= 0.6 is 0 Å². The highest BCUT2D eigenvalue weighted by Crippen LogP contribution is 2.08. The van der Waals surface area contributed by atoms with Crippen molar-refractivity contribution in [1.29, 1.82) is 0 Å². The molecular weight excluding hydrogens is 238 g/mol. The molecule has 0 fully saturated rings. The first-order valence-corrected chi connectivity index (χ1v) is 6.09. The third-order valence-corrected chi connectivity index (χ3v) is 2.89. The van der Waals surface area contributed by atoms with Crippen molar-refractivity contribution < 1.29 is 4.79 Å². The Balaban J connectivity index is 1.95. The van der Waals surface area contributed by atoms with Crippen LogP contribution in [0, 0.1) is 6.92 Å². The minimum atomic E-state index is -0.0934. The summed E-state index contributed by atoms with van der Waals surface area (Å²) < 4.78 is 0. The Labute approximate surface area is 112 Å². The van der Waals surface area contributed by atoms with Gasteiger partial charge in [-0.1, -0.05) is 29.8 Å². The first-order valence-electron chi connectivity index (χ1n) is 6.09. The number of hydrogen-bond acceptors (Lipinski definition) is 3. The van der Waals surface area contributed by atoms with Crippen LogP contribution < -0.4 is 16.6 Å². The normalized spacial score (nSPS) is 10.0. The molecule has 2 aromatic carbocycles. The van der Waals surface area contributed by atoms with E-state index in [1.165, 1.54) is 5.56 Å². The lowest BCUT2D eigenvalue weighted by Gasteiger charge is -2.06. The lowest BCUT2D eigenvalue weighted by Crippen LogP contribution is -2.22. The van der Waals surface area contributed by atoms with Crippen LogP contribution in [0.3, 0.4) is 0 Å². The number of nitrogens with two attached hydrogens (primary N) is 1. The number of carbonyl (C=O) groups excluding carboxylic acids is 1. The highest BCUT2D eigenvalue weighted by molar-refractivity contribution is 5.94. The number of amides is 1. The summed E-state index contributed by atoms with van der Waals surface area (Å²) in [6.45, 7) is 2.56. The molecule has 0 spiro atoms. The molecule has 0 heterocycles. The minimum Gasteiger partial charge on any atom is -0.348 e. The predicted molar refractivity (Wildman–Crippen MR) is 76.6 cm³/mol. The van der Waals surface area contributed by atoms with E-state index < -0.39 is 0 Å². The van der Waals surface area contributed by atoms with E-state index in [0.717, 1.165) is 11.3 Å². The van der Waals surface area contributed by atoms with E-state index in [2.05, 4.69) is 10.7 Å². The van der Waals surface area contributed by atoms with E-state index in [9.17, 15) is 4.79 Å². The molecular formula is C15H17N3O. The summed E-state index contributed by atoms with van der Waals surface area (Å²) in [5.74, 6) is 5.18. The molecule has 0 aliphatic rings. The van der Waals surface area contributed by atoms with Crippen molar-refractivity contribution in [1.82, 2.24) is 5.32 Å². The Morgan fingerprint density at radius 3 is 2.26 bits per heavy atom. The van der Waals surface area contributed by atoms with Crippen LogP contribution in [0.1, 0.15) is 21.5 Å². The lowest BCUT2D eigenvalue weighted by molar-refractivity contribution is 0.0951. The van der Waals surface area contributed by atoms with E-state index in [1.54, 1.807) is 24.3 Å². The van der Waals surface area contributed by atoms with Gasteiger partial charge in [0.05, 0.1) is 0 Å². The predicted octanol–water partition coefficient (Wildman–Crippen LogP) is 2.21. The van der Waals surface area contributed by atoms with E-state index in [1.807, 2.05) is 31.2 Å². The molecule has 4 heteroatoms. The van der Waals surface area contributed by atoms with Crippen LogP contribution in [0.25, 0.3) is 0 Å². The SMILES string of the molecule is Cc1ccc(CNC(=O)c2ccc(NN)cc2)cc1. The summed E-state index contributed by atoms with van der Waals surface area (Å²) in [7, 11) is 0. The highest BCUT2D eigenvalue weighted by atomic mass is 16.1. The van der Waals surface area contributed by atoms with Gasteiger partial charge in [-0.15, -0.1) is 0 Å². The van der Waals surface area contributed by atoms with E-state index in [4.69, 9.17) is 5.84 Å². The number of aryl methyl sites for hydroxylation is 1. The van der Waals surface area contributed by atoms with Crippen molar-refractivity contribution in [2.24, 2.45) is 5.84 Å². The first kappa shape index (κ1) is 13.1. The number of nitrogens with one attached hydrogen (secondary N) is 2. The number of anilines is 1. The van der Waals surface area contributed by atoms with Crippen molar-refractivity contribution in [3.05, 3.63) is 65.2 Å². The summed E-state index contributed by atoms with van der Waals surface area (Å²) >= 11 is 0. The first-order chi connectivity index (χ1) is 9.19. The van der Waals surface area contributed by atoms with Gasteiger partial charge < -0.3 is 10.7 Å². The van der Waals surface area contributed by atoms with Gasteiger partial charge in [-0.3, -0.25) is 10.6 Å². The van der Waals surface area contributed by atoms with Gasteiger partial charge in [0.25, 0.3) is 5.91 Å². The van der Waals surface area contributed by atoms with Crippen molar-refractivity contribution in [2.75, 3.05) is 5.43 Å². The number of carbonyl (C=O) groups is 1. The molecule has 98 valence electrons. The van der Waals surface area contributed by atoms with Gasteiger partial charge in [-0.2, -0.15) is 0 Å². The van der Waals surface area contributed by atoms with Gasteiger partial charge >= 0.3 is 0 Å². The molecule has 0 unspecified atom stereocenters. The molecule has 0 aromatic heterocycles. The van der Waals surface area contributed by atoms with E-state index >= 15 is 0 Å². The van der Waals surface area contributed by atoms with Crippen LogP contribution in [0.5, 0.6) is 0 Å². The van der Waals surface area contributed by atoms with Crippen molar-refractivity contribution in [3.63, 3.8) is 0 Å². The number of hydrogen-bond donors (Lipinski definition) is 3. The maximum Gasteiger partial charge on any atom is 0.251 e. The molecule has 2 rings (SSSR count). The number of benzene rings is 2. The van der Waals surface area contributed by atoms with Crippen molar-refractivity contribution in [3.8, 4) is 0 Å². The van der Waals surface area contributed by atoms with Gasteiger partial charge in [0, 0.05) is 17.8 Å². The molecule has 0 saturated carbocycles. The molecule has 4 N–H and O–H groups in total. The van der Waals surface area contributed by atoms with E-state index in [-0.39, 0.29) is 5.91 Å². The molecule has 2 aromatic rings. The quantitative estimate of drug-likeness (QED) is 0.579. The second-order valence-electron chi connectivity index (χ2n) is 4.39. The fourth-order valence-corrected chi connectivity index (χ4v) is 1.71. The zero-order valence-electron chi connectivity index (χ0n) is 10.8. The van der Waals surface area contributed by atoms with Crippen molar-refractivity contribution in [2.45, 2.75) is 13.5 Å². The number of rotatable bonds is 4. The number of hydrazine groups is 1. The van der Waals surface area contributed by atoms with Crippen LogP contribution in [-0.2, 0) is 6.54 Å². The lowest BCUT2D eigenvalue weighted by atomic mass is 10.1. The molecule has 0 saturated heterocycles. The average molecular weight is 255 g/mol. The highest BCUT2D eigenvalue weighted by Gasteiger charge is 2.04. The Morgan fingerprint density at radius 2 is 1.68 bits per heavy atom. The Kier molecular flexibility index (Phi) is 4.15. The summed E-state index contributed by atoms with van der Waals surface area (Å²) in [6, 6.07) is 15.1. The molecule has 0 bridgehead atoms. The summed E-state index contributed by atoms with van der Waals surface area (Å²) in [5.41, 5.74) is 6.21. The van der Waals surface area contributed by atoms with Crippen LogP contribution in [0.2, 0.25) is 0 Å². The standard InChI is InChI=1S/C15H17N3O/c1-11-2-4-12(5-3-11)10-17-15(19)13-6-8-14(18-16)9-7-13/h2-9,18H,10,16H2,1H3,(H,17,19). The Hall–Kier alpha value is -2.33. The molecule has 0 radical (unpaired) electrons. The zero-order chi connectivity index (χ0) is 13.7. The van der Waals surface area contributed by atoms with Gasteiger partial charge in [0.2, 0.25) is 0 Å². The Bertz CT molecular complexity index is 547. The zero-order valence-corrected chi connectivity index (χ0v) is 10.8. The average Bonchev–Trinajstić information content (AvgIpc) is 2.46. The van der Waals surface area contributed by atoms with Gasteiger partial charge in [0.15, 0.2) is 0 Å². The molecule has 1 amide bonds. The van der Waals surface area contributed by atoms with E-state index in [0.29, 0.717) is 12.1 Å². The fourth-order valence-electron chi connectivity index (χ4n) is 1.71. The molecule has 0 aliphatic carbocycles. The number of nitrogen functional groups attached to an aromatic ring is 1. The molecule has 0 aliphatic heterocycles. The second kappa shape index (κ2) is 6.02. The summed E-state index contributed by atoms with van der Waals surface area (Å²) in [6.07, 6.45) is 0. The maximum atomic E-state index is 11.9. The summed E-state index contributed by atoms with van der Waals surface area (Å²) in [5, 5.41) is 2.88. The third-order valence-electron chi connectivity index (χ3n) is 2.89. The largest absolute Gasteiger partial charge is 0.348 e. The van der Waals surface area contributed by atoms with Gasteiger partial charge in [-0.05, 0) is 36.8 Å². The smallest absolute Gasteiger partial charge is 0.251 e. The topological polar surface area (TPSA) is 67.2 Å². The van der Waals surface area contributed by atoms with Crippen LogP contribution in [-0.4, -0.2) is 5.91 Å². The maximum absolute atomic E-state index is 11.9.